The summed E-state index contributed by atoms with van der Waals surface area (Å²) in [5, 5.41) is 3.70. The Kier molecular flexibility index (Phi) is 6.50. The van der Waals surface area contributed by atoms with Gasteiger partial charge in [-0.3, -0.25) is 4.79 Å². The van der Waals surface area contributed by atoms with Gasteiger partial charge in [0.1, 0.15) is 11.5 Å². The standard InChI is InChI=1S/C19H22ClNO3/c1-13(17-12-16(23-2)9-10-18(17)24-3)21-19(22)11-6-14-4-7-15(20)8-5-14/h4-5,7-10,12-13H,6,11H2,1-3H3,(H,21,22)/t13-/m0/s1. The van der Waals surface area contributed by atoms with Gasteiger partial charge in [-0.2, -0.15) is 0 Å². The third kappa shape index (κ3) is 4.90. The molecule has 1 N–H and O–H groups in total. The molecule has 0 aliphatic rings. The highest BCUT2D eigenvalue weighted by Gasteiger charge is 2.15. The summed E-state index contributed by atoms with van der Waals surface area (Å²) in [6.45, 7) is 1.93. The van der Waals surface area contributed by atoms with Crippen molar-refractivity contribution in [2.75, 3.05) is 14.2 Å². The first kappa shape index (κ1) is 18.1. The van der Waals surface area contributed by atoms with Crippen LogP contribution >= 0.6 is 11.6 Å². The predicted molar refractivity (Wildman–Crippen MR) is 95.9 cm³/mol. The Balaban J connectivity index is 1.97. The average Bonchev–Trinajstić information content (AvgIpc) is 2.60. The smallest absolute Gasteiger partial charge is 0.220 e. The van der Waals surface area contributed by atoms with E-state index in [0.717, 1.165) is 22.6 Å². The zero-order chi connectivity index (χ0) is 17.5. The molecule has 0 aliphatic heterocycles. The number of halogens is 1. The molecule has 0 saturated heterocycles. The van der Waals surface area contributed by atoms with Crippen LogP contribution in [0.4, 0.5) is 0 Å². The number of carbonyl (C=O) groups is 1. The molecule has 0 aromatic heterocycles. The van der Waals surface area contributed by atoms with Crippen LogP contribution in [0.3, 0.4) is 0 Å². The summed E-state index contributed by atoms with van der Waals surface area (Å²) >= 11 is 5.86. The van der Waals surface area contributed by atoms with Crippen LogP contribution in [-0.4, -0.2) is 20.1 Å². The molecular weight excluding hydrogens is 326 g/mol. The summed E-state index contributed by atoms with van der Waals surface area (Å²) in [6.07, 6.45) is 1.09. The van der Waals surface area contributed by atoms with Crippen molar-refractivity contribution in [2.45, 2.75) is 25.8 Å². The first-order chi connectivity index (χ1) is 11.5. The van der Waals surface area contributed by atoms with Crippen molar-refractivity contribution in [3.8, 4) is 11.5 Å². The highest BCUT2D eigenvalue weighted by molar-refractivity contribution is 6.30. The number of hydrogen-bond donors (Lipinski definition) is 1. The minimum Gasteiger partial charge on any atom is -0.497 e. The average molecular weight is 348 g/mol. The van der Waals surface area contributed by atoms with E-state index >= 15 is 0 Å². The zero-order valence-electron chi connectivity index (χ0n) is 14.1. The van der Waals surface area contributed by atoms with Crippen molar-refractivity contribution in [3.05, 3.63) is 58.6 Å². The molecule has 0 spiro atoms. The fraction of sp³-hybridized carbons (Fsp3) is 0.316. The predicted octanol–water partition coefficient (Wildman–Crippen LogP) is 4.17. The van der Waals surface area contributed by atoms with Gasteiger partial charge in [-0.25, -0.2) is 0 Å². The summed E-state index contributed by atoms with van der Waals surface area (Å²) in [5.41, 5.74) is 1.97. The van der Waals surface area contributed by atoms with Gasteiger partial charge in [-0.15, -0.1) is 0 Å². The molecule has 4 nitrogen and oxygen atoms in total. The van der Waals surface area contributed by atoms with E-state index in [1.54, 1.807) is 14.2 Å². The Morgan fingerprint density at radius 3 is 2.46 bits per heavy atom. The molecule has 0 aliphatic carbocycles. The fourth-order valence-electron chi connectivity index (χ4n) is 2.48. The van der Waals surface area contributed by atoms with E-state index in [4.69, 9.17) is 21.1 Å². The van der Waals surface area contributed by atoms with Crippen LogP contribution < -0.4 is 14.8 Å². The highest BCUT2D eigenvalue weighted by Crippen LogP contribution is 2.29. The number of hydrogen-bond acceptors (Lipinski definition) is 3. The van der Waals surface area contributed by atoms with Crippen LogP contribution in [-0.2, 0) is 11.2 Å². The van der Waals surface area contributed by atoms with Crippen LogP contribution in [0.1, 0.15) is 30.5 Å². The van der Waals surface area contributed by atoms with Crippen molar-refractivity contribution >= 4 is 17.5 Å². The molecule has 0 saturated carbocycles. The first-order valence-corrected chi connectivity index (χ1v) is 8.17. The summed E-state index contributed by atoms with van der Waals surface area (Å²) < 4.78 is 10.6. The molecule has 0 fully saturated rings. The molecule has 2 aromatic carbocycles. The third-order valence-electron chi connectivity index (χ3n) is 3.83. The summed E-state index contributed by atoms with van der Waals surface area (Å²) in [5.74, 6) is 1.44. The molecular formula is C19H22ClNO3. The number of methoxy groups -OCH3 is 2. The van der Waals surface area contributed by atoms with Gasteiger partial charge < -0.3 is 14.8 Å². The van der Waals surface area contributed by atoms with Crippen LogP contribution in [0.5, 0.6) is 11.5 Å². The van der Waals surface area contributed by atoms with Crippen LogP contribution in [0, 0.1) is 0 Å². The number of benzene rings is 2. The van der Waals surface area contributed by atoms with Gasteiger partial charge in [0.2, 0.25) is 5.91 Å². The highest BCUT2D eigenvalue weighted by atomic mass is 35.5. The Morgan fingerprint density at radius 2 is 1.83 bits per heavy atom. The molecule has 128 valence electrons. The van der Waals surface area contributed by atoms with Gasteiger partial charge in [0, 0.05) is 17.0 Å². The van der Waals surface area contributed by atoms with Gasteiger partial charge in [-0.05, 0) is 49.2 Å². The quantitative estimate of drug-likeness (QED) is 0.817. The molecule has 2 rings (SSSR count). The van der Waals surface area contributed by atoms with Gasteiger partial charge in [-0.1, -0.05) is 23.7 Å². The van der Waals surface area contributed by atoms with E-state index in [2.05, 4.69) is 5.32 Å². The monoisotopic (exact) mass is 347 g/mol. The minimum absolute atomic E-state index is 0.0117. The fourth-order valence-corrected chi connectivity index (χ4v) is 2.60. The molecule has 0 bridgehead atoms. The van der Waals surface area contributed by atoms with E-state index in [1.807, 2.05) is 49.4 Å². The van der Waals surface area contributed by atoms with E-state index < -0.39 is 0 Å². The Hall–Kier alpha value is -2.20. The number of nitrogens with one attached hydrogen (secondary N) is 1. The number of aryl methyl sites for hydroxylation is 1. The molecule has 0 unspecified atom stereocenters. The maximum absolute atomic E-state index is 12.2. The molecule has 0 heterocycles. The van der Waals surface area contributed by atoms with Crippen molar-refractivity contribution in [1.82, 2.24) is 5.32 Å². The topological polar surface area (TPSA) is 47.6 Å². The van der Waals surface area contributed by atoms with Gasteiger partial charge in [0.25, 0.3) is 0 Å². The van der Waals surface area contributed by atoms with Crippen molar-refractivity contribution < 1.29 is 14.3 Å². The number of rotatable bonds is 7. The van der Waals surface area contributed by atoms with Crippen molar-refractivity contribution in [2.24, 2.45) is 0 Å². The van der Waals surface area contributed by atoms with Crippen molar-refractivity contribution in [3.63, 3.8) is 0 Å². The van der Waals surface area contributed by atoms with Crippen LogP contribution in [0.2, 0.25) is 5.02 Å². The van der Waals surface area contributed by atoms with Crippen molar-refractivity contribution in [1.29, 1.82) is 0 Å². The normalized spacial score (nSPS) is 11.7. The SMILES string of the molecule is COc1ccc(OC)c([C@H](C)NC(=O)CCc2ccc(Cl)cc2)c1. The Bertz CT molecular complexity index is 686. The zero-order valence-corrected chi connectivity index (χ0v) is 14.9. The molecule has 2 aromatic rings. The number of ether oxygens (including phenoxy) is 2. The first-order valence-electron chi connectivity index (χ1n) is 7.79. The maximum atomic E-state index is 12.2. The van der Waals surface area contributed by atoms with E-state index in [9.17, 15) is 4.79 Å². The second-order valence-corrected chi connectivity index (χ2v) is 5.96. The molecule has 1 amide bonds. The van der Waals surface area contributed by atoms with Gasteiger partial charge in [0.05, 0.1) is 20.3 Å². The second-order valence-electron chi connectivity index (χ2n) is 5.52. The molecule has 24 heavy (non-hydrogen) atoms. The largest absolute Gasteiger partial charge is 0.497 e. The minimum atomic E-state index is -0.173. The van der Waals surface area contributed by atoms with E-state index in [-0.39, 0.29) is 11.9 Å². The van der Waals surface area contributed by atoms with E-state index in [0.29, 0.717) is 17.9 Å². The molecule has 1 atom stereocenters. The summed E-state index contributed by atoms with van der Waals surface area (Å²) in [4.78, 5) is 12.2. The summed E-state index contributed by atoms with van der Waals surface area (Å²) in [6, 6.07) is 12.9. The number of carbonyl (C=O) groups excluding carboxylic acids is 1. The van der Waals surface area contributed by atoms with Crippen LogP contribution in [0.15, 0.2) is 42.5 Å². The molecule has 0 radical (unpaired) electrons. The lowest BCUT2D eigenvalue weighted by molar-refractivity contribution is -0.121. The Morgan fingerprint density at radius 1 is 1.12 bits per heavy atom. The lowest BCUT2D eigenvalue weighted by atomic mass is 10.1. The lowest BCUT2D eigenvalue weighted by Crippen LogP contribution is -2.27. The second kappa shape index (κ2) is 8.60. The number of amides is 1. The lowest BCUT2D eigenvalue weighted by Gasteiger charge is -2.18. The van der Waals surface area contributed by atoms with Gasteiger partial charge >= 0.3 is 0 Å². The summed E-state index contributed by atoms with van der Waals surface area (Å²) in [7, 11) is 3.22. The van der Waals surface area contributed by atoms with Crippen LogP contribution in [0.25, 0.3) is 0 Å². The molecule has 5 heteroatoms. The van der Waals surface area contributed by atoms with E-state index in [1.165, 1.54) is 0 Å². The Labute approximate surface area is 147 Å². The van der Waals surface area contributed by atoms with Gasteiger partial charge in [0.15, 0.2) is 0 Å². The maximum Gasteiger partial charge on any atom is 0.220 e. The third-order valence-corrected chi connectivity index (χ3v) is 4.09.